The molecule has 0 saturated carbocycles. The maximum absolute atomic E-state index is 13.1. The Labute approximate surface area is 211 Å². The molecule has 4 aromatic rings. The monoisotopic (exact) mass is 479 g/mol. The largest absolute Gasteiger partial charge is 0.317 e. The van der Waals surface area contributed by atoms with E-state index in [0.717, 1.165) is 34.4 Å². The van der Waals surface area contributed by atoms with E-state index >= 15 is 0 Å². The van der Waals surface area contributed by atoms with E-state index in [1.165, 1.54) is 34.0 Å². The molecule has 0 N–H and O–H groups in total. The molecule has 176 valence electrons. The summed E-state index contributed by atoms with van der Waals surface area (Å²) in [4.78, 5) is 20.2. The second-order valence-electron chi connectivity index (χ2n) is 9.00. The van der Waals surface area contributed by atoms with Crippen molar-refractivity contribution in [3.05, 3.63) is 99.7 Å². The summed E-state index contributed by atoms with van der Waals surface area (Å²) in [5.41, 5.74) is 8.02. The third-order valence-corrected chi connectivity index (χ3v) is 7.70. The lowest BCUT2D eigenvalue weighted by molar-refractivity contribution is -0.121. The van der Waals surface area contributed by atoms with Crippen LogP contribution in [0.1, 0.15) is 35.0 Å². The Morgan fingerprint density at radius 1 is 0.943 bits per heavy atom. The number of likely N-dealkylation sites (N-methyl/N-ethyl adjacent to an activating group) is 1. The zero-order valence-corrected chi connectivity index (χ0v) is 21.6. The average Bonchev–Trinajstić information content (AvgIpc) is 3.28. The Kier molecular flexibility index (Phi) is 6.12. The van der Waals surface area contributed by atoms with Crippen LogP contribution in [0.5, 0.6) is 0 Å². The van der Waals surface area contributed by atoms with E-state index < -0.39 is 0 Å². The van der Waals surface area contributed by atoms with E-state index in [0.29, 0.717) is 10.1 Å². The van der Waals surface area contributed by atoms with Crippen molar-refractivity contribution >= 4 is 45.4 Å². The molecule has 0 spiro atoms. The first-order chi connectivity index (χ1) is 16.9. The number of aryl methyl sites for hydroxylation is 3. The molecule has 1 fully saturated rings. The molecule has 5 rings (SSSR count). The quantitative estimate of drug-likeness (QED) is 0.287. The van der Waals surface area contributed by atoms with Crippen molar-refractivity contribution in [2.45, 2.75) is 34.1 Å². The normalized spacial score (nSPS) is 16.3. The predicted octanol–water partition coefficient (Wildman–Crippen LogP) is 7.35. The molecule has 0 atom stereocenters. The number of aliphatic imine (C=N–C) groups is 1. The molecule has 5 heteroatoms. The Morgan fingerprint density at radius 3 is 2.49 bits per heavy atom. The van der Waals surface area contributed by atoms with Crippen LogP contribution in [0.4, 0.5) is 5.69 Å². The molecule has 1 amide bonds. The third-order valence-electron chi connectivity index (χ3n) is 6.64. The number of rotatable bonds is 4. The number of aromatic nitrogens is 1. The van der Waals surface area contributed by atoms with Crippen molar-refractivity contribution in [3.63, 3.8) is 0 Å². The predicted molar refractivity (Wildman–Crippen MR) is 149 cm³/mol. The summed E-state index contributed by atoms with van der Waals surface area (Å²) >= 11 is 1.43. The number of amidine groups is 1. The highest BCUT2D eigenvalue weighted by Gasteiger charge is 2.31. The van der Waals surface area contributed by atoms with Gasteiger partial charge >= 0.3 is 0 Å². The molecule has 0 unspecified atom stereocenters. The molecule has 3 aromatic carbocycles. The van der Waals surface area contributed by atoms with Gasteiger partial charge in [0.2, 0.25) is 0 Å². The Balaban J connectivity index is 1.51. The summed E-state index contributed by atoms with van der Waals surface area (Å²) in [5, 5.41) is 3.01. The van der Waals surface area contributed by atoms with Crippen molar-refractivity contribution in [3.8, 4) is 5.69 Å². The van der Waals surface area contributed by atoms with Gasteiger partial charge in [0.15, 0.2) is 5.17 Å². The van der Waals surface area contributed by atoms with Crippen LogP contribution >= 0.6 is 11.8 Å². The van der Waals surface area contributed by atoms with E-state index in [1.54, 1.807) is 11.9 Å². The molecule has 1 aromatic heterocycles. The molecule has 35 heavy (non-hydrogen) atoms. The van der Waals surface area contributed by atoms with Gasteiger partial charge in [-0.3, -0.25) is 9.69 Å². The van der Waals surface area contributed by atoms with Gasteiger partial charge in [-0.05, 0) is 90.7 Å². The van der Waals surface area contributed by atoms with Crippen molar-refractivity contribution in [2.24, 2.45) is 4.99 Å². The fourth-order valence-corrected chi connectivity index (χ4v) is 5.73. The summed E-state index contributed by atoms with van der Waals surface area (Å²) in [6.07, 6.45) is 2.98. The fourth-order valence-electron chi connectivity index (χ4n) is 4.75. The number of hydrogen-bond donors (Lipinski definition) is 0. The Bertz CT molecular complexity index is 1530. The van der Waals surface area contributed by atoms with Crippen molar-refractivity contribution in [1.82, 2.24) is 9.47 Å². The molecule has 1 aliphatic rings. The summed E-state index contributed by atoms with van der Waals surface area (Å²) in [7, 11) is 1.79. The maximum atomic E-state index is 13.1. The Morgan fingerprint density at radius 2 is 1.71 bits per heavy atom. The molecular weight excluding hydrogens is 450 g/mol. The lowest BCUT2D eigenvalue weighted by Gasteiger charge is -2.17. The summed E-state index contributed by atoms with van der Waals surface area (Å²) in [5.74, 6) is -0.0236. The first-order valence-electron chi connectivity index (χ1n) is 11.9. The summed E-state index contributed by atoms with van der Waals surface area (Å²) in [6, 6.07) is 23.0. The average molecular weight is 480 g/mol. The van der Waals surface area contributed by atoms with Crippen molar-refractivity contribution < 1.29 is 4.79 Å². The minimum Gasteiger partial charge on any atom is -0.317 e. The lowest BCUT2D eigenvalue weighted by atomic mass is 10.1. The molecule has 1 saturated heterocycles. The number of carbonyl (C=O) groups excluding carboxylic acids is 1. The molecule has 2 heterocycles. The Hall–Kier alpha value is -3.57. The van der Waals surface area contributed by atoms with Gasteiger partial charge < -0.3 is 4.57 Å². The number of carbonyl (C=O) groups is 1. The topological polar surface area (TPSA) is 37.6 Å². The number of benzene rings is 3. The highest BCUT2D eigenvalue weighted by atomic mass is 32.2. The van der Waals surface area contributed by atoms with Crippen LogP contribution in [-0.2, 0) is 11.2 Å². The van der Waals surface area contributed by atoms with Gasteiger partial charge in [-0.1, -0.05) is 55.5 Å². The number of fused-ring (bicyclic) bond motifs is 1. The summed E-state index contributed by atoms with van der Waals surface area (Å²) in [6.45, 7) is 8.61. The first kappa shape index (κ1) is 23.2. The maximum Gasteiger partial charge on any atom is 0.266 e. The van der Waals surface area contributed by atoms with E-state index in [9.17, 15) is 4.79 Å². The van der Waals surface area contributed by atoms with E-state index in [4.69, 9.17) is 4.99 Å². The van der Waals surface area contributed by atoms with Crippen LogP contribution in [-0.4, -0.2) is 27.6 Å². The highest BCUT2D eigenvalue weighted by molar-refractivity contribution is 8.18. The number of amides is 1. The number of hydrogen-bond acceptors (Lipinski definition) is 3. The molecule has 0 aliphatic carbocycles. The zero-order chi connectivity index (χ0) is 24.7. The van der Waals surface area contributed by atoms with Gasteiger partial charge in [0.1, 0.15) is 0 Å². The number of para-hydroxylation sites is 1. The van der Waals surface area contributed by atoms with Gasteiger partial charge in [-0.2, -0.15) is 0 Å². The third kappa shape index (κ3) is 4.21. The molecule has 1 aliphatic heterocycles. The number of thioether (sulfide) groups is 1. The minimum absolute atomic E-state index is 0.0236. The lowest BCUT2D eigenvalue weighted by Crippen LogP contribution is -2.23. The number of nitrogens with zero attached hydrogens (tertiary/aromatic N) is 3. The highest BCUT2D eigenvalue weighted by Crippen LogP contribution is 2.35. The van der Waals surface area contributed by atoms with Crippen molar-refractivity contribution in [1.29, 1.82) is 0 Å². The van der Waals surface area contributed by atoms with E-state index in [2.05, 4.69) is 80.8 Å². The van der Waals surface area contributed by atoms with E-state index in [-0.39, 0.29) is 5.91 Å². The van der Waals surface area contributed by atoms with Gasteiger partial charge in [-0.25, -0.2) is 4.99 Å². The standard InChI is InChI=1S/C30H29N3OS/c1-6-22-13-9-10-19(2)28(22)33-20(3)16-25(21(33)4)18-27-29(34)32(5)30(35-27)31-26-15-14-23-11-7-8-12-24(23)17-26/h7-18H,6H2,1-5H3/b27-18-,31-30?. The van der Waals surface area contributed by atoms with Gasteiger partial charge in [-0.15, -0.1) is 0 Å². The van der Waals surface area contributed by atoms with Crippen molar-refractivity contribution in [2.75, 3.05) is 7.05 Å². The second kappa shape index (κ2) is 9.23. The van der Waals surface area contributed by atoms with Gasteiger partial charge in [0, 0.05) is 18.4 Å². The van der Waals surface area contributed by atoms with Crippen LogP contribution in [0.15, 0.2) is 76.6 Å². The minimum atomic E-state index is -0.0236. The zero-order valence-electron chi connectivity index (χ0n) is 20.8. The van der Waals surface area contributed by atoms with Gasteiger partial charge in [0.05, 0.1) is 16.3 Å². The second-order valence-corrected chi connectivity index (χ2v) is 10.0. The molecule has 0 radical (unpaired) electrons. The first-order valence-corrected chi connectivity index (χ1v) is 12.7. The summed E-state index contributed by atoms with van der Waals surface area (Å²) < 4.78 is 2.32. The fraction of sp³-hybridized carbons (Fsp3) is 0.200. The van der Waals surface area contributed by atoms with Crippen LogP contribution in [0, 0.1) is 20.8 Å². The molecular formula is C30H29N3OS. The smallest absolute Gasteiger partial charge is 0.266 e. The van der Waals surface area contributed by atoms with Crippen LogP contribution in [0.2, 0.25) is 0 Å². The van der Waals surface area contributed by atoms with Crippen LogP contribution in [0.3, 0.4) is 0 Å². The van der Waals surface area contributed by atoms with Crippen LogP contribution in [0.25, 0.3) is 22.5 Å². The van der Waals surface area contributed by atoms with Gasteiger partial charge in [0.25, 0.3) is 5.91 Å². The molecule has 0 bridgehead atoms. The SMILES string of the molecule is CCc1cccc(C)c1-n1c(C)cc(/C=C2\SC(=Nc3ccc4ccccc4c3)N(C)C2=O)c1C. The van der Waals surface area contributed by atoms with Crippen LogP contribution < -0.4 is 0 Å². The van der Waals surface area contributed by atoms with E-state index in [1.807, 2.05) is 24.3 Å². The molecule has 4 nitrogen and oxygen atoms in total.